The first-order valence-corrected chi connectivity index (χ1v) is 9.41. The molecule has 1 aliphatic heterocycles. The zero-order valence-corrected chi connectivity index (χ0v) is 15.9. The molecule has 0 spiro atoms. The fraction of sp³-hybridized carbons (Fsp3) is 0.429. The van der Waals surface area contributed by atoms with E-state index in [1.165, 1.54) is 0 Å². The lowest BCUT2D eigenvalue weighted by atomic mass is 10.0. The number of piperazine rings is 1. The van der Waals surface area contributed by atoms with Gasteiger partial charge < -0.3 is 19.3 Å². The van der Waals surface area contributed by atoms with Gasteiger partial charge in [0, 0.05) is 12.2 Å². The number of aryl methyl sites for hydroxylation is 1. The average molecular weight is 370 g/mol. The van der Waals surface area contributed by atoms with E-state index >= 15 is 0 Å². The van der Waals surface area contributed by atoms with Crippen LogP contribution < -0.4 is 4.90 Å². The molecule has 2 aromatic rings. The molecule has 1 saturated heterocycles. The van der Waals surface area contributed by atoms with E-state index in [0.717, 1.165) is 30.5 Å². The molecule has 6 heteroatoms. The van der Waals surface area contributed by atoms with Gasteiger partial charge in [-0.2, -0.15) is 0 Å². The van der Waals surface area contributed by atoms with Crippen molar-refractivity contribution in [1.82, 2.24) is 4.90 Å². The number of nitrogens with zero attached hydrogens (tertiary/aromatic N) is 2. The van der Waals surface area contributed by atoms with Crippen LogP contribution >= 0.6 is 0 Å². The number of rotatable bonds is 6. The molecular formula is C21H26N2O4. The zero-order chi connectivity index (χ0) is 19.4. The first-order chi connectivity index (χ1) is 13.0. The largest absolute Gasteiger partial charge is 0.453 e. The molecular weight excluding hydrogens is 344 g/mol. The summed E-state index contributed by atoms with van der Waals surface area (Å²) in [6, 6.07) is 10.9. The predicted molar refractivity (Wildman–Crippen MR) is 103 cm³/mol. The van der Waals surface area contributed by atoms with Crippen molar-refractivity contribution in [3.8, 4) is 0 Å². The van der Waals surface area contributed by atoms with Crippen LogP contribution in [0.1, 0.15) is 48.1 Å². The molecule has 1 aromatic heterocycles. The van der Waals surface area contributed by atoms with Crippen molar-refractivity contribution in [3.63, 3.8) is 0 Å². The van der Waals surface area contributed by atoms with Gasteiger partial charge in [0.15, 0.2) is 5.76 Å². The first-order valence-electron chi connectivity index (χ1n) is 9.41. The molecule has 27 heavy (non-hydrogen) atoms. The summed E-state index contributed by atoms with van der Waals surface area (Å²) in [6.45, 7) is 4.35. The highest BCUT2D eigenvalue weighted by Crippen LogP contribution is 2.25. The lowest BCUT2D eigenvalue weighted by molar-refractivity contribution is -0.121. The normalized spacial score (nSPS) is 17.4. The third kappa shape index (κ3) is 4.22. The molecule has 6 nitrogen and oxygen atoms in total. The van der Waals surface area contributed by atoms with Gasteiger partial charge in [-0.25, -0.2) is 0 Å². The monoisotopic (exact) mass is 370 g/mol. The van der Waals surface area contributed by atoms with Crippen LogP contribution in [0.2, 0.25) is 0 Å². The summed E-state index contributed by atoms with van der Waals surface area (Å²) < 4.78 is 5.40. The maximum atomic E-state index is 12.9. The summed E-state index contributed by atoms with van der Waals surface area (Å²) in [4.78, 5) is 29.1. The van der Waals surface area contributed by atoms with E-state index in [1.807, 2.05) is 31.2 Å². The molecule has 0 radical (unpaired) electrons. The Morgan fingerprint density at radius 1 is 1.30 bits per heavy atom. The van der Waals surface area contributed by atoms with Crippen LogP contribution in [-0.4, -0.2) is 41.0 Å². The molecule has 1 N–H and O–H groups in total. The van der Waals surface area contributed by atoms with Crippen LogP contribution in [-0.2, 0) is 11.4 Å². The lowest BCUT2D eigenvalue weighted by Gasteiger charge is -2.40. The van der Waals surface area contributed by atoms with Crippen LogP contribution in [0.3, 0.4) is 0 Å². The number of aliphatic hydroxyl groups excluding tert-OH is 1. The van der Waals surface area contributed by atoms with Gasteiger partial charge in [-0.3, -0.25) is 9.59 Å². The summed E-state index contributed by atoms with van der Waals surface area (Å²) in [7, 11) is 0. The van der Waals surface area contributed by atoms with Gasteiger partial charge in [0.05, 0.1) is 6.04 Å². The van der Waals surface area contributed by atoms with Gasteiger partial charge in [0.25, 0.3) is 5.91 Å². The molecule has 0 unspecified atom stereocenters. The van der Waals surface area contributed by atoms with Crippen LogP contribution in [0.5, 0.6) is 0 Å². The molecule has 3 rings (SSSR count). The van der Waals surface area contributed by atoms with Crippen molar-refractivity contribution < 1.29 is 19.1 Å². The third-order valence-electron chi connectivity index (χ3n) is 4.93. The number of anilines is 1. The van der Waals surface area contributed by atoms with Crippen molar-refractivity contribution >= 4 is 17.5 Å². The molecule has 0 bridgehead atoms. The second-order valence-electron chi connectivity index (χ2n) is 7.00. The van der Waals surface area contributed by atoms with E-state index in [-0.39, 0.29) is 36.8 Å². The van der Waals surface area contributed by atoms with E-state index in [4.69, 9.17) is 9.52 Å². The minimum atomic E-state index is -0.298. The fourth-order valence-electron chi connectivity index (χ4n) is 3.46. The maximum absolute atomic E-state index is 12.9. The Morgan fingerprint density at radius 3 is 2.78 bits per heavy atom. The Balaban J connectivity index is 1.84. The molecule has 0 aliphatic carbocycles. The van der Waals surface area contributed by atoms with Gasteiger partial charge in [-0.15, -0.1) is 0 Å². The summed E-state index contributed by atoms with van der Waals surface area (Å²) in [6.07, 6.45) is 2.82. The molecule has 144 valence electrons. The first kappa shape index (κ1) is 19.2. The smallest absolute Gasteiger partial charge is 0.290 e. The topological polar surface area (TPSA) is 74.0 Å². The summed E-state index contributed by atoms with van der Waals surface area (Å²) in [5.74, 6) is 0.106. The van der Waals surface area contributed by atoms with Crippen molar-refractivity contribution in [2.45, 2.75) is 45.8 Å². The van der Waals surface area contributed by atoms with E-state index < -0.39 is 0 Å². The number of unbranched alkanes of at least 4 members (excludes halogenated alkanes) is 1. The minimum Gasteiger partial charge on any atom is -0.453 e. The van der Waals surface area contributed by atoms with Crippen LogP contribution in [0.15, 0.2) is 40.8 Å². The van der Waals surface area contributed by atoms with Crippen molar-refractivity contribution in [2.24, 2.45) is 0 Å². The molecule has 2 heterocycles. The highest BCUT2D eigenvalue weighted by Gasteiger charge is 2.36. The Kier molecular flexibility index (Phi) is 5.96. The number of furan rings is 1. The Labute approximate surface area is 159 Å². The molecule has 1 aromatic carbocycles. The molecule has 1 atom stereocenters. The highest BCUT2D eigenvalue weighted by atomic mass is 16.4. The Bertz CT molecular complexity index is 814. The standard InChI is InChI=1S/C21H26N2O4/c1-3-4-7-17-12-22(16-8-5-6-15(2)11-16)20(25)13-23(17)21(26)19-10-9-18(14-24)27-19/h5-6,8-11,17,24H,3-4,7,12-14H2,1-2H3/t17-/m0/s1. The average Bonchev–Trinajstić information content (AvgIpc) is 3.15. The molecule has 1 fully saturated rings. The lowest BCUT2D eigenvalue weighted by Crippen LogP contribution is -2.58. The SMILES string of the molecule is CCCC[C@H]1CN(c2cccc(C)c2)C(=O)CN1C(=O)c1ccc(CO)o1. The number of carbonyl (C=O) groups is 2. The Hall–Kier alpha value is -2.60. The van der Waals surface area contributed by atoms with Crippen LogP contribution in [0, 0.1) is 6.92 Å². The second kappa shape index (κ2) is 8.39. The van der Waals surface area contributed by atoms with Gasteiger partial charge in [0.2, 0.25) is 5.91 Å². The Morgan fingerprint density at radius 2 is 2.11 bits per heavy atom. The van der Waals surface area contributed by atoms with Crippen molar-refractivity contribution in [2.75, 3.05) is 18.0 Å². The molecule has 0 saturated carbocycles. The summed E-state index contributed by atoms with van der Waals surface area (Å²) >= 11 is 0. The third-order valence-corrected chi connectivity index (χ3v) is 4.93. The van der Waals surface area contributed by atoms with E-state index in [2.05, 4.69) is 6.92 Å². The number of aliphatic hydroxyl groups is 1. The van der Waals surface area contributed by atoms with Gasteiger partial charge in [-0.1, -0.05) is 31.9 Å². The molecule has 2 amide bonds. The van der Waals surface area contributed by atoms with Crippen molar-refractivity contribution in [3.05, 3.63) is 53.5 Å². The van der Waals surface area contributed by atoms with Crippen LogP contribution in [0.25, 0.3) is 0 Å². The quantitative estimate of drug-likeness (QED) is 0.848. The maximum Gasteiger partial charge on any atom is 0.290 e. The number of carbonyl (C=O) groups excluding carboxylic acids is 2. The van der Waals surface area contributed by atoms with Gasteiger partial charge >= 0.3 is 0 Å². The summed E-state index contributed by atoms with van der Waals surface area (Å²) in [5, 5.41) is 9.16. The van der Waals surface area contributed by atoms with Gasteiger partial charge in [-0.05, 0) is 43.2 Å². The number of amides is 2. The number of hydrogen-bond donors (Lipinski definition) is 1. The van der Waals surface area contributed by atoms with Gasteiger partial charge in [0.1, 0.15) is 18.9 Å². The second-order valence-corrected chi connectivity index (χ2v) is 7.00. The highest BCUT2D eigenvalue weighted by molar-refractivity contribution is 6.01. The van der Waals surface area contributed by atoms with Crippen LogP contribution in [0.4, 0.5) is 5.69 Å². The predicted octanol–water partition coefficient (Wildman–Crippen LogP) is 3.13. The van der Waals surface area contributed by atoms with E-state index in [9.17, 15) is 9.59 Å². The van der Waals surface area contributed by atoms with E-state index in [0.29, 0.717) is 12.3 Å². The zero-order valence-electron chi connectivity index (χ0n) is 15.9. The van der Waals surface area contributed by atoms with E-state index in [1.54, 1.807) is 21.9 Å². The number of benzene rings is 1. The fourth-order valence-corrected chi connectivity index (χ4v) is 3.46. The minimum absolute atomic E-state index is 0.0241. The van der Waals surface area contributed by atoms with Crippen molar-refractivity contribution in [1.29, 1.82) is 0 Å². The summed E-state index contributed by atoms with van der Waals surface area (Å²) in [5.41, 5.74) is 1.96. The number of hydrogen-bond acceptors (Lipinski definition) is 4. The molecule has 1 aliphatic rings.